The van der Waals surface area contributed by atoms with Gasteiger partial charge in [-0.3, -0.25) is 0 Å². The van der Waals surface area contributed by atoms with Crippen LogP contribution >= 0.6 is 0 Å². The average Bonchev–Trinajstić information content (AvgIpc) is 3.32. The van der Waals surface area contributed by atoms with Gasteiger partial charge in [-0.25, -0.2) is 0 Å². The highest BCUT2D eigenvalue weighted by Gasteiger charge is 2.26. The minimum absolute atomic E-state index is 0.106. The van der Waals surface area contributed by atoms with E-state index in [1.807, 2.05) is 0 Å². The Labute approximate surface area is 250 Å². The fourth-order valence-electron chi connectivity index (χ4n) is 6.55. The van der Waals surface area contributed by atoms with Crippen LogP contribution in [-0.4, -0.2) is 0 Å². The Kier molecular flexibility index (Phi) is 6.03. The topological polar surface area (TPSA) is 0 Å². The second kappa shape index (κ2) is 9.57. The van der Waals surface area contributed by atoms with Gasteiger partial charge in [-0.2, -0.15) is 0 Å². The second-order valence-electron chi connectivity index (χ2n) is 13.9. The third kappa shape index (κ3) is 4.38. The first-order chi connectivity index (χ1) is 20.1. The molecule has 1 aliphatic rings. The summed E-state index contributed by atoms with van der Waals surface area (Å²) in [5, 5.41) is 5.35. The van der Waals surface area contributed by atoms with Crippen molar-refractivity contribution >= 4 is 33.7 Å². The van der Waals surface area contributed by atoms with Crippen LogP contribution in [0.2, 0.25) is 0 Å². The van der Waals surface area contributed by atoms with Gasteiger partial charge < -0.3 is 0 Å². The van der Waals surface area contributed by atoms with Crippen molar-refractivity contribution in [3.05, 3.63) is 131 Å². The van der Waals surface area contributed by atoms with Gasteiger partial charge in [0.25, 0.3) is 0 Å². The summed E-state index contributed by atoms with van der Waals surface area (Å²) < 4.78 is 0. The molecule has 0 nitrogen and oxygen atoms in total. The first-order valence-electron chi connectivity index (χ1n) is 15.1. The van der Waals surface area contributed by atoms with E-state index in [0.717, 1.165) is 0 Å². The molecule has 206 valence electrons. The first kappa shape index (κ1) is 26.5. The maximum atomic E-state index is 2.38. The van der Waals surface area contributed by atoms with E-state index in [2.05, 4.69) is 163 Å². The Morgan fingerprint density at radius 3 is 1.60 bits per heavy atom. The number of hydrogen-bond acceptors (Lipinski definition) is 0. The lowest BCUT2D eigenvalue weighted by atomic mass is 9.79. The van der Waals surface area contributed by atoms with Crippen molar-refractivity contribution < 1.29 is 0 Å². The Balaban J connectivity index is 1.32. The largest absolute Gasteiger partial charge is 0.0616 e. The predicted molar refractivity (Wildman–Crippen MR) is 184 cm³/mol. The third-order valence-electron chi connectivity index (χ3n) is 8.89. The van der Waals surface area contributed by atoms with Crippen molar-refractivity contribution in [2.24, 2.45) is 0 Å². The molecule has 0 bridgehead atoms. The summed E-state index contributed by atoms with van der Waals surface area (Å²) in [6.45, 7) is 13.8. The van der Waals surface area contributed by atoms with Gasteiger partial charge in [-0.1, -0.05) is 163 Å². The van der Waals surface area contributed by atoms with E-state index >= 15 is 0 Å². The van der Waals surface area contributed by atoms with Crippen LogP contribution in [0.3, 0.4) is 0 Å². The highest BCUT2D eigenvalue weighted by atomic mass is 14.3. The minimum Gasteiger partial charge on any atom is -0.0616 e. The van der Waals surface area contributed by atoms with E-state index in [1.54, 1.807) is 0 Å². The number of fused-ring (bicyclic) bond motifs is 5. The van der Waals surface area contributed by atoms with E-state index in [0.29, 0.717) is 0 Å². The van der Waals surface area contributed by atoms with E-state index < -0.39 is 0 Å². The fraction of sp³-hybridized carbons (Fsp3) is 0.190. The normalized spacial score (nSPS) is 12.9. The molecule has 0 unspecified atom stereocenters. The molecule has 0 heterocycles. The molecule has 0 amide bonds. The summed E-state index contributed by atoms with van der Waals surface area (Å²) in [6.07, 6.45) is 4.52. The molecule has 42 heavy (non-hydrogen) atoms. The van der Waals surface area contributed by atoms with Crippen molar-refractivity contribution in [3.8, 4) is 33.4 Å². The van der Waals surface area contributed by atoms with Gasteiger partial charge in [0.2, 0.25) is 0 Å². The van der Waals surface area contributed by atoms with Gasteiger partial charge in [-0.15, -0.1) is 0 Å². The molecule has 6 aromatic carbocycles. The Bertz CT molecular complexity index is 1990. The molecule has 0 spiro atoms. The van der Waals surface area contributed by atoms with E-state index in [1.165, 1.54) is 77.2 Å². The quantitative estimate of drug-likeness (QED) is 0.154. The molecular weight excluding hydrogens is 504 g/mol. The molecule has 0 saturated carbocycles. The second-order valence-corrected chi connectivity index (χ2v) is 13.9. The van der Waals surface area contributed by atoms with Crippen molar-refractivity contribution in [2.75, 3.05) is 0 Å². The molecule has 0 fully saturated rings. The highest BCUT2D eigenvalue weighted by Crippen LogP contribution is 2.53. The number of benzene rings is 6. The van der Waals surface area contributed by atoms with Gasteiger partial charge in [0.1, 0.15) is 0 Å². The molecule has 0 N–H and O–H groups in total. The summed E-state index contributed by atoms with van der Waals surface area (Å²) >= 11 is 0. The van der Waals surface area contributed by atoms with Crippen LogP contribution in [0.15, 0.2) is 109 Å². The third-order valence-corrected chi connectivity index (χ3v) is 8.89. The number of rotatable bonds is 3. The molecule has 7 rings (SSSR count). The fourth-order valence-corrected chi connectivity index (χ4v) is 6.55. The summed E-state index contributed by atoms with van der Waals surface area (Å²) in [7, 11) is 0. The predicted octanol–water partition coefficient (Wildman–Crippen LogP) is 12.1. The van der Waals surface area contributed by atoms with Gasteiger partial charge >= 0.3 is 0 Å². The van der Waals surface area contributed by atoms with Crippen LogP contribution in [0.1, 0.15) is 63.8 Å². The molecule has 0 aliphatic heterocycles. The lowest BCUT2D eigenvalue weighted by Gasteiger charge is -2.25. The molecule has 6 aromatic rings. The van der Waals surface area contributed by atoms with Crippen LogP contribution in [0.4, 0.5) is 0 Å². The van der Waals surface area contributed by atoms with Crippen LogP contribution in [0.25, 0.3) is 67.1 Å². The van der Waals surface area contributed by atoms with Crippen molar-refractivity contribution in [2.45, 2.75) is 52.4 Å². The van der Waals surface area contributed by atoms with Crippen LogP contribution in [0.5, 0.6) is 0 Å². The highest BCUT2D eigenvalue weighted by molar-refractivity contribution is 6.29. The first-order valence-corrected chi connectivity index (χ1v) is 15.1. The van der Waals surface area contributed by atoms with Crippen LogP contribution in [-0.2, 0) is 10.8 Å². The van der Waals surface area contributed by atoms with Gasteiger partial charge in [0.05, 0.1) is 0 Å². The lowest BCUT2D eigenvalue weighted by molar-refractivity contribution is 0.568. The Hall–Kier alpha value is -4.42. The zero-order chi connectivity index (χ0) is 29.2. The van der Waals surface area contributed by atoms with Gasteiger partial charge in [0, 0.05) is 0 Å². The molecule has 0 saturated heterocycles. The minimum atomic E-state index is 0.106. The molecule has 0 heteroatoms. The smallest absolute Gasteiger partial charge is 0.00137 e. The van der Waals surface area contributed by atoms with E-state index in [-0.39, 0.29) is 10.8 Å². The SMILES string of the molecule is CC(C)(C)c1cc(C=Cc2ccc(-c3c4ccccc4c4c5c(cccc35)-c3ccccc3-4)cc2)cc(C(C)(C)C)c1. The van der Waals surface area contributed by atoms with E-state index in [4.69, 9.17) is 0 Å². The Morgan fingerprint density at radius 2 is 0.952 bits per heavy atom. The Morgan fingerprint density at radius 1 is 0.429 bits per heavy atom. The summed E-state index contributed by atoms with van der Waals surface area (Å²) in [6, 6.07) is 40.8. The average molecular weight is 543 g/mol. The standard InChI is InChI=1S/C42H38/c1-41(2,3)30-24-28(25-31(26-30)42(4,5)6)19-18-27-20-22-29(23-21-27)38-35-14-9-10-15-36(35)39-33-13-8-7-12-32(33)34-16-11-17-37(38)40(34)39/h7-26H,1-6H3. The lowest BCUT2D eigenvalue weighted by Crippen LogP contribution is -2.16. The molecule has 0 aromatic heterocycles. The maximum absolute atomic E-state index is 2.38. The van der Waals surface area contributed by atoms with Crippen molar-refractivity contribution in [3.63, 3.8) is 0 Å². The van der Waals surface area contributed by atoms with Crippen LogP contribution < -0.4 is 0 Å². The van der Waals surface area contributed by atoms with Gasteiger partial charge in [0.15, 0.2) is 0 Å². The van der Waals surface area contributed by atoms with Gasteiger partial charge in [-0.05, 0) is 88.0 Å². The summed E-state index contributed by atoms with van der Waals surface area (Å²) in [5.74, 6) is 0. The maximum Gasteiger partial charge on any atom is -0.00137 e. The molecule has 0 radical (unpaired) electrons. The molecular formula is C42H38. The summed E-state index contributed by atoms with van der Waals surface area (Å²) in [4.78, 5) is 0. The molecule has 1 aliphatic carbocycles. The monoisotopic (exact) mass is 542 g/mol. The zero-order valence-electron chi connectivity index (χ0n) is 25.5. The summed E-state index contributed by atoms with van der Waals surface area (Å²) in [5.41, 5.74) is 13.4. The van der Waals surface area contributed by atoms with Crippen molar-refractivity contribution in [1.29, 1.82) is 0 Å². The number of hydrogen-bond donors (Lipinski definition) is 0. The van der Waals surface area contributed by atoms with Crippen molar-refractivity contribution in [1.82, 2.24) is 0 Å². The molecule has 0 atom stereocenters. The van der Waals surface area contributed by atoms with E-state index in [9.17, 15) is 0 Å². The zero-order valence-corrected chi connectivity index (χ0v) is 25.5. The van der Waals surface area contributed by atoms with Crippen LogP contribution in [0, 0.1) is 0 Å².